The number of anilines is 1. The summed E-state index contributed by atoms with van der Waals surface area (Å²) in [5.41, 5.74) is 8.04. The fraction of sp³-hybridized carbons (Fsp3) is 0.235. The molecule has 3 heterocycles. The number of carbonyl (C=O) groups excluding carboxylic acids is 1. The third-order valence-electron chi connectivity index (χ3n) is 3.96. The van der Waals surface area contributed by atoms with Gasteiger partial charge in [0.2, 0.25) is 0 Å². The van der Waals surface area contributed by atoms with Crippen molar-refractivity contribution in [3.05, 3.63) is 29.5 Å². The number of aryl methyl sites for hydroxylation is 1. The minimum Gasteiger partial charge on any atom is -0.382 e. The van der Waals surface area contributed by atoms with Crippen LogP contribution in [0, 0.1) is 0 Å². The van der Waals surface area contributed by atoms with Crippen LogP contribution in [0.4, 0.5) is 5.82 Å². The summed E-state index contributed by atoms with van der Waals surface area (Å²) < 4.78 is 3.74. The zero-order chi connectivity index (χ0) is 19.0. The van der Waals surface area contributed by atoms with Gasteiger partial charge in [0.15, 0.2) is 26.5 Å². The van der Waals surface area contributed by atoms with Crippen molar-refractivity contribution in [2.24, 2.45) is 0 Å². The number of imidazole rings is 1. The average Bonchev–Trinajstić information content (AvgIpc) is 3.18. The Morgan fingerprint density at radius 3 is 2.96 bits per heavy atom. The van der Waals surface area contributed by atoms with E-state index in [4.69, 9.17) is 17.3 Å². The van der Waals surface area contributed by atoms with Gasteiger partial charge in [-0.25, -0.2) is 19.9 Å². The van der Waals surface area contributed by atoms with Gasteiger partial charge in [0.25, 0.3) is 0 Å². The Hall–Kier alpha value is -2.23. The molecule has 0 amide bonds. The molecule has 0 aliphatic heterocycles. The number of rotatable bonds is 6. The highest BCUT2D eigenvalue weighted by Gasteiger charge is 2.18. The minimum absolute atomic E-state index is 0.156. The molecule has 0 saturated heterocycles. The summed E-state index contributed by atoms with van der Waals surface area (Å²) in [5, 5.41) is 1.40. The number of nitrogens with zero attached hydrogens (tertiary/aromatic N) is 5. The van der Waals surface area contributed by atoms with Gasteiger partial charge in [0.05, 0.1) is 15.2 Å². The van der Waals surface area contributed by atoms with E-state index in [2.05, 4.69) is 19.9 Å². The highest BCUT2D eigenvalue weighted by Crippen LogP contribution is 2.38. The number of ketones is 1. The van der Waals surface area contributed by atoms with E-state index >= 15 is 0 Å². The summed E-state index contributed by atoms with van der Waals surface area (Å²) in [6.45, 7) is 2.20. The Labute approximate surface area is 168 Å². The first-order valence-electron chi connectivity index (χ1n) is 8.22. The normalized spacial score (nSPS) is 11.5. The molecule has 138 valence electrons. The number of hydrogen-bond acceptors (Lipinski definition) is 8. The van der Waals surface area contributed by atoms with E-state index < -0.39 is 0 Å². The molecule has 0 atom stereocenters. The molecule has 4 aromatic rings. The molecule has 0 unspecified atom stereocenters. The molecule has 4 rings (SSSR count). The van der Waals surface area contributed by atoms with Crippen LogP contribution in [0.3, 0.4) is 0 Å². The summed E-state index contributed by atoms with van der Waals surface area (Å²) in [6.07, 6.45) is 2.62. The molecular formula is C17H15ClN6OS2. The number of thiazole rings is 1. The molecule has 0 radical (unpaired) electrons. The van der Waals surface area contributed by atoms with Gasteiger partial charge >= 0.3 is 0 Å². The molecular weight excluding hydrogens is 404 g/mol. The van der Waals surface area contributed by atoms with Crippen LogP contribution in [0.15, 0.2) is 34.0 Å². The second-order valence-corrected chi connectivity index (χ2v) is 8.57. The van der Waals surface area contributed by atoms with Gasteiger partial charge in [0, 0.05) is 13.0 Å². The number of halogens is 1. The number of benzene rings is 1. The smallest absolute Gasteiger partial charge is 0.177 e. The first-order valence-corrected chi connectivity index (χ1v) is 10.2. The van der Waals surface area contributed by atoms with Crippen molar-refractivity contribution in [3.63, 3.8) is 0 Å². The first kappa shape index (κ1) is 18.1. The predicted octanol–water partition coefficient (Wildman–Crippen LogP) is 4.19. The largest absolute Gasteiger partial charge is 0.382 e. The lowest BCUT2D eigenvalue weighted by Crippen LogP contribution is -2.03. The van der Waals surface area contributed by atoms with Crippen molar-refractivity contribution in [3.8, 4) is 0 Å². The molecule has 0 aliphatic rings. The van der Waals surface area contributed by atoms with E-state index in [-0.39, 0.29) is 5.78 Å². The summed E-state index contributed by atoms with van der Waals surface area (Å²) in [6, 6.07) is 5.66. The summed E-state index contributed by atoms with van der Waals surface area (Å²) >= 11 is 9.21. The van der Waals surface area contributed by atoms with Gasteiger partial charge in [0.1, 0.15) is 12.1 Å². The molecule has 1 aromatic carbocycles. The second kappa shape index (κ2) is 7.41. The van der Waals surface area contributed by atoms with Crippen molar-refractivity contribution >= 4 is 67.7 Å². The van der Waals surface area contributed by atoms with E-state index in [1.165, 1.54) is 29.4 Å². The quantitative estimate of drug-likeness (QED) is 0.501. The lowest BCUT2D eigenvalue weighted by molar-refractivity contribution is -0.117. The predicted molar refractivity (Wildman–Crippen MR) is 108 cm³/mol. The van der Waals surface area contributed by atoms with Crippen LogP contribution in [-0.4, -0.2) is 30.3 Å². The Bertz CT molecular complexity index is 1160. The van der Waals surface area contributed by atoms with E-state index in [1.807, 2.05) is 22.8 Å². The Kier molecular flexibility index (Phi) is 4.98. The monoisotopic (exact) mass is 418 g/mol. The molecule has 0 spiro atoms. The van der Waals surface area contributed by atoms with Gasteiger partial charge in [-0.1, -0.05) is 17.7 Å². The van der Waals surface area contributed by atoms with Gasteiger partial charge in [-0.05, 0) is 37.2 Å². The number of fused-ring (bicyclic) bond motifs is 2. The standard InChI is InChI=1S/C17H15ClN6OS2/c1-9(25)4-3-7-24-15-12(14(19)20-8-21-15)23-16(24)27-17-22-11-6-2-5-10(18)13(11)26-17/h2,5-6,8H,3-4,7H2,1H3,(H2,19,20,21). The van der Waals surface area contributed by atoms with E-state index in [1.54, 1.807) is 6.92 Å². The van der Waals surface area contributed by atoms with Crippen molar-refractivity contribution < 1.29 is 4.79 Å². The van der Waals surface area contributed by atoms with Crippen LogP contribution in [-0.2, 0) is 11.3 Å². The van der Waals surface area contributed by atoms with Crippen LogP contribution in [0.1, 0.15) is 19.8 Å². The Morgan fingerprint density at radius 1 is 1.33 bits per heavy atom. The lowest BCUT2D eigenvalue weighted by Gasteiger charge is -2.06. The van der Waals surface area contributed by atoms with E-state index in [0.29, 0.717) is 41.4 Å². The molecule has 3 aromatic heterocycles. The number of hydrogen-bond donors (Lipinski definition) is 1. The highest BCUT2D eigenvalue weighted by atomic mass is 35.5. The van der Waals surface area contributed by atoms with Gasteiger partial charge in [-0.3, -0.25) is 0 Å². The number of nitrogen functional groups attached to an aromatic ring is 1. The number of Topliss-reactive ketones (excluding diaryl/α,β-unsaturated/α-hetero) is 1. The third-order valence-corrected chi connectivity index (χ3v) is 6.55. The third kappa shape index (κ3) is 3.62. The van der Waals surface area contributed by atoms with Crippen molar-refractivity contribution in [2.75, 3.05) is 5.73 Å². The molecule has 0 bridgehead atoms. The summed E-state index contributed by atoms with van der Waals surface area (Å²) in [5.74, 6) is 0.489. The van der Waals surface area contributed by atoms with Crippen molar-refractivity contribution in [1.29, 1.82) is 0 Å². The summed E-state index contributed by atoms with van der Waals surface area (Å²) in [4.78, 5) is 28.9. The minimum atomic E-state index is 0.156. The summed E-state index contributed by atoms with van der Waals surface area (Å²) in [7, 11) is 0. The average molecular weight is 419 g/mol. The maximum Gasteiger partial charge on any atom is 0.177 e. The maximum absolute atomic E-state index is 11.3. The Morgan fingerprint density at radius 2 is 2.19 bits per heavy atom. The molecule has 0 saturated carbocycles. The first-order chi connectivity index (χ1) is 13.0. The van der Waals surface area contributed by atoms with Crippen LogP contribution < -0.4 is 5.73 Å². The lowest BCUT2D eigenvalue weighted by atomic mass is 10.2. The number of aromatic nitrogens is 5. The van der Waals surface area contributed by atoms with Gasteiger partial charge < -0.3 is 15.1 Å². The van der Waals surface area contributed by atoms with Crippen molar-refractivity contribution in [2.45, 2.75) is 35.8 Å². The second-order valence-electron chi connectivity index (χ2n) is 5.95. The number of nitrogens with two attached hydrogens (primary N) is 1. The maximum atomic E-state index is 11.3. The van der Waals surface area contributed by atoms with Gasteiger partial charge in [-0.15, -0.1) is 11.3 Å². The molecule has 7 nitrogen and oxygen atoms in total. The fourth-order valence-electron chi connectivity index (χ4n) is 2.72. The molecule has 0 aliphatic carbocycles. The topological polar surface area (TPSA) is 99.6 Å². The zero-order valence-corrected chi connectivity index (χ0v) is 16.7. The zero-order valence-electron chi connectivity index (χ0n) is 14.3. The molecule has 10 heteroatoms. The van der Waals surface area contributed by atoms with Crippen LogP contribution in [0.25, 0.3) is 21.4 Å². The van der Waals surface area contributed by atoms with E-state index in [9.17, 15) is 4.79 Å². The highest BCUT2D eigenvalue weighted by molar-refractivity contribution is 8.01. The molecule has 0 fully saturated rings. The van der Waals surface area contributed by atoms with Crippen molar-refractivity contribution in [1.82, 2.24) is 24.5 Å². The van der Waals surface area contributed by atoms with Crippen LogP contribution >= 0.6 is 34.7 Å². The Balaban J connectivity index is 1.73. The molecule has 27 heavy (non-hydrogen) atoms. The molecule has 2 N–H and O–H groups in total. The van der Waals surface area contributed by atoms with Gasteiger partial charge in [-0.2, -0.15) is 0 Å². The van der Waals surface area contributed by atoms with Crippen LogP contribution in [0.2, 0.25) is 5.02 Å². The SMILES string of the molecule is CC(=O)CCCn1c(Sc2nc3cccc(Cl)c3s2)nc2c(N)ncnc21. The fourth-order valence-corrected chi connectivity index (χ4v) is 5.07. The van der Waals surface area contributed by atoms with E-state index in [0.717, 1.165) is 19.7 Å². The number of carbonyl (C=O) groups is 1. The van der Waals surface area contributed by atoms with Crippen LogP contribution in [0.5, 0.6) is 0 Å².